The summed E-state index contributed by atoms with van der Waals surface area (Å²) in [4.78, 5) is 44.2. The Morgan fingerprint density at radius 3 is 2.57 bits per heavy atom. The topological polar surface area (TPSA) is 218 Å². The second-order valence-corrected chi connectivity index (χ2v) is 24.8. The summed E-state index contributed by atoms with van der Waals surface area (Å²) in [5.74, 6) is 0.334. The highest BCUT2D eigenvalue weighted by atomic mass is 32.2. The van der Waals surface area contributed by atoms with E-state index >= 15 is 0 Å². The van der Waals surface area contributed by atoms with Gasteiger partial charge in [-0.25, -0.2) is 27.5 Å². The molecule has 2 aliphatic carbocycles. The van der Waals surface area contributed by atoms with Crippen LogP contribution < -0.4 is 29.1 Å². The van der Waals surface area contributed by atoms with Crippen LogP contribution >= 0.6 is 0 Å². The summed E-state index contributed by atoms with van der Waals surface area (Å²) < 4.78 is 63.3. The number of nitrogens with one attached hydrogen (secondary N) is 3. The Labute approximate surface area is 447 Å². The van der Waals surface area contributed by atoms with Crippen LogP contribution in [-0.2, 0) is 16.6 Å². The lowest BCUT2D eigenvalue weighted by atomic mass is 9.59. The molecule has 2 saturated heterocycles. The number of hydrogen-bond acceptors (Lipinski definition) is 15. The number of aromatic amines is 1. The number of piperazine rings is 1. The van der Waals surface area contributed by atoms with Crippen molar-refractivity contribution in [3.8, 4) is 23.1 Å². The first-order valence-electron chi connectivity index (χ1n) is 26.6. The van der Waals surface area contributed by atoms with Crippen molar-refractivity contribution in [2.24, 2.45) is 11.3 Å². The van der Waals surface area contributed by atoms with E-state index in [1.54, 1.807) is 25.3 Å². The van der Waals surface area contributed by atoms with Gasteiger partial charge in [0.25, 0.3) is 27.5 Å². The number of aromatic nitrogens is 3. The summed E-state index contributed by atoms with van der Waals surface area (Å²) >= 11 is 0. The van der Waals surface area contributed by atoms with Crippen molar-refractivity contribution in [3.05, 3.63) is 130 Å². The zero-order chi connectivity index (χ0) is 54.0. The minimum atomic E-state index is -4.65. The summed E-state index contributed by atoms with van der Waals surface area (Å²) in [7, 11) is -4.65. The van der Waals surface area contributed by atoms with Gasteiger partial charge in [-0.15, -0.1) is 0 Å². The molecular weight excluding hydrogens is 1010 g/mol. The fourth-order valence-electron chi connectivity index (χ4n) is 12.1. The molecule has 5 aliphatic rings. The van der Waals surface area contributed by atoms with Gasteiger partial charge < -0.3 is 34.5 Å². The number of halogens is 1. The highest BCUT2D eigenvalue weighted by molar-refractivity contribution is 7.90. The maximum Gasteiger partial charge on any atom is 0.293 e. The van der Waals surface area contributed by atoms with E-state index in [-0.39, 0.29) is 45.5 Å². The van der Waals surface area contributed by atoms with Crippen molar-refractivity contribution in [1.82, 2.24) is 29.5 Å². The molecule has 0 bridgehead atoms. The molecule has 11 rings (SSSR count). The number of nitrogens with zero attached hydrogens (tertiary/aromatic N) is 6. The predicted octanol–water partition coefficient (Wildman–Crippen LogP) is 9.47. The van der Waals surface area contributed by atoms with E-state index in [2.05, 4.69) is 77.8 Å². The zero-order valence-corrected chi connectivity index (χ0v) is 44.9. The minimum absolute atomic E-state index is 0.00842. The monoisotopic (exact) mass is 1070 g/mol. The van der Waals surface area contributed by atoms with Gasteiger partial charge in [0.05, 0.1) is 32.6 Å². The van der Waals surface area contributed by atoms with Crippen LogP contribution in [0.15, 0.2) is 96.3 Å². The van der Waals surface area contributed by atoms with Crippen LogP contribution in [-0.4, -0.2) is 112 Å². The Kier molecular flexibility index (Phi) is 13.7. The van der Waals surface area contributed by atoms with Crippen molar-refractivity contribution in [2.45, 2.75) is 114 Å². The van der Waals surface area contributed by atoms with Crippen LogP contribution in [0.1, 0.15) is 112 Å². The third kappa shape index (κ3) is 10.8. The average Bonchev–Trinajstić information content (AvgIpc) is 3.84. The molecular formula is C57H66FN9O9S. The van der Waals surface area contributed by atoms with Gasteiger partial charge in [0.15, 0.2) is 5.75 Å². The normalized spacial score (nSPS) is 22.4. The highest BCUT2D eigenvalue weighted by Gasteiger charge is 2.55. The number of fused-ring (bicyclic) bond motifs is 2. The number of anilines is 2. The molecule has 4 fully saturated rings. The third-order valence-corrected chi connectivity index (χ3v) is 17.7. The van der Waals surface area contributed by atoms with Crippen LogP contribution in [0.25, 0.3) is 11.0 Å². The van der Waals surface area contributed by atoms with Crippen molar-refractivity contribution in [1.29, 1.82) is 0 Å². The minimum Gasteiger partial charge on any atom is -0.478 e. The predicted molar refractivity (Wildman–Crippen MR) is 289 cm³/mol. The number of rotatable bonds is 15. The highest BCUT2D eigenvalue weighted by Crippen LogP contribution is 2.54. The summed E-state index contributed by atoms with van der Waals surface area (Å²) in [5.41, 5.74) is 3.24. The zero-order valence-electron chi connectivity index (χ0n) is 44.1. The van der Waals surface area contributed by atoms with E-state index < -0.39 is 48.5 Å². The molecule has 2 saturated carbocycles. The number of carbonyl (C=O) groups excluding carboxylic acids is 1. The van der Waals surface area contributed by atoms with Gasteiger partial charge in [-0.3, -0.25) is 24.7 Å². The first-order valence-corrected chi connectivity index (χ1v) is 28.1. The van der Waals surface area contributed by atoms with E-state index in [0.29, 0.717) is 56.0 Å². The first kappa shape index (κ1) is 52.2. The number of carbonyl (C=O) groups is 1. The Morgan fingerprint density at radius 1 is 1.03 bits per heavy atom. The third-order valence-electron chi connectivity index (χ3n) is 16.3. The number of nitro groups is 1. The average molecular weight is 1070 g/mol. The number of hydrogen-bond donors (Lipinski definition) is 4. The molecule has 3 aliphatic heterocycles. The molecule has 3 aromatic carbocycles. The summed E-state index contributed by atoms with van der Waals surface area (Å²) in [6, 6.07) is 21.2. The number of H-pyrrole nitrogens is 1. The molecule has 77 heavy (non-hydrogen) atoms. The van der Waals surface area contributed by atoms with Gasteiger partial charge in [-0.2, -0.15) is 0 Å². The largest absolute Gasteiger partial charge is 0.478 e. The number of pyridine rings is 2. The van der Waals surface area contributed by atoms with Gasteiger partial charge in [0.2, 0.25) is 0 Å². The number of sulfonamides is 1. The number of nitro benzene ring substituents is 1. The van der Waals surface area contributed by atoms with Crippen LogP contribution in [0.2, 0.25) is 0 Å². The summed E-state index contributed by atoms with van der Waals surface area (Å²) in [6.07, 6.45) is 9.09. The van der Waals surface area contributed by atoms with Crippen molar-refractivity contribution in [3.63, 3.8) is 0 Å². The molecule has 3 aromatic heterocycles. The molecule has 20 heteroatoms. The molecule has 6 aromatic rings. The Morgan fingerprint density at radius 2 is 1.81 bits per heavy atom. The smallest absolute Gasteiger partial charge is 0.293 e. The fraction of sp³-hybridized carbons (Fsp3) is 0.456. The number of benzene rings is 3. The van der Waals surface area contributed by atoms with Gasteiger partial charge in [-0.1, -0.05) is 38.1 Å². The van der Waals surface area contributed by atoms with E-state index in [9.17, 15) is 32.8 Å². The number of ether oxygens (including phenoxy) is 3. The molecule has 6 heterocycles. The maximum absolute atomic E-state index is 14.8. The van der Waals surface area contributed by atoms with Crippen LogP contribution in [0.3, 0.4) is 0 Å². The Bertz CT molecular complexity index is 3340. The number of amides is 1. The van der Waals surface area contributed by atoms with Crippen molar-refractivity contribution < 1.29 is 41.8 Å². The van der Waals surface area contributed by atoms with Crippen LogP contribution in [0, 0.1) is 27.3 Å². The molecule has 1 spiro atoms. The van der Waals surface area contributed by atoms with Gasteiger partial charge >= 0.3 is 0 Å². The van der Waals surface area contributed by atoms with E-state index in [4.69, 9.17) is 14.2 Å². The molecule has 406 valence electrons. The lowest BCUT2D eigenvalue weighted by Crippen LogP contribution is -2.68. The number of aliphatic hydroxyl groups is 1. The van der Waals surface area contributed by atoms with E-state index in [1.807, 2.05) is 19.9 Å². The molecule has 1 atom stereocenters. The molecule has 0 unspecified atom stereocenters. The van der Waals surface area contributed by atoms with Crippen LogP contribution in [0.4, 0.5) is 21.5 Å². The maximum atomic E-state index is 14.8. The Hall–Kier alpha value is -6.87. The first-order chi connectivity index (χ1) is 36.7. The second-order valence-electron chi connectivity index (χ2n) is 23.1. The fourth-order valence-corrected chi connectivity index (χ4v) is 13.1. The van der Waals surface area contributed by atoms with Crippen molar-refractivity contribution in [2.75, 3.05) is 56.1 Å². The molecule has 0 radical (unpaired) electrons. The lowest BCUT2D eigenvalue weighted by Gasteiger charge is -2.63. The van der Waals surface area contributed by atoms with Gasteiger partial charge in [0.1, 0.15) is 40.9 Å². The van der Waals surface area contributed by atoms with Gasteiger partial charge in [-0.05, 0) is 119 Å². The summed E-state index contributed by atoms with van der Waals surface area (Å²) in [6.45, 7) is 16.1. The van der Waals surface area contributed by atoms with E-state index in [0.717, 1.165) is 81.5 Å². The van der Waals surface area contributed by atoms with E-state index in [1.165, 1.54) is 47.8 Å². The standard InChI is InChI=1S/C57H66FN9O9S/c1-35(2)42-8-6-7-9-43(42)49-31-64(30-37-16-19-59-54-51(37)76-55(3,4)34-74-54)20-21-66(49)39-25-57(26-39)32-65(33-57)38-10-12-44(50(22-38)75-40-23-45-46(58)29-62-52(45)61-28-40)53(68)63-77(72,73)41-11-13-47(48(24-41)67(70)71)60-27-36-14-17-56(5,69)18-15-36/h6-13,16,19,22-24,28-29,35-36,39,49,60,69H,14-15,17-18,20-21,25-27,30-34H2,1-5H3,(H,61,62)(H,63,68)/t36?,49-,56?/m0/s1. The van der Waals surface area contributed by atoms with Gasteiger partial charge in [0, 0.05) is 99.1 Å². The van der Waals surface area contributed by atoms with Crippen molar-refractivity contribution >= 4 is 44.0 Å². The lowest BCUT2D eigenvalue weighted by molar-refractivity contribution is -0.384. The molecule has 18 nitrogen and oxygen atoms in total. The Balaban J connectivity index is 0.797. The summed E-state index contributed by atoms with van der Waals surface area (Å²) in [5, 5.41) is 25.9. The molecule has 1 amide bonds. The molecule has 4 N–H and O–H groups in total. The second kappa shape index (κ2) is 20.2. The SMILES string of the molecule is CC(C)c1ccccc1[C@@H]1CN(Cc2ccnc3c2OC(C)(C)CO3)CCN1C1CC2(C1)CN(c1ccc(C(=O)NS(=O)(=O)c3ccc(NCC4CCC(C)(O)CC4)c([N+](=O)[O-])c3)c(Oc3cnc4[nH]cc(F)c4c3)c1)C2. The quantitative estimate of drug-likeness (QED) is 0.0556. The van der Waals surface area contributed by atoms with Crippen LogP contribution in [0.5, 0.6) is 23.1 Å².